The lowest BCUT2D eigenvalue weighted by atomic mass is 9.78. The van der Waals surface area contributed by atoms with Gasteiger partial charge in [0.25, 0.3) is 0 Å². The fourth-order valence-corrected chi connectivity index (χ4v) is 2.10. The van der Waals surface area contributed by atoms with Gasteiger partial charge in [-0.2, -0.15) is 0 Å². The van der Waals surface area contributed by atoms with Crippen molar-refractivity contribution in [2.45, 2.75) is 25.3 Å². The molecule has 0 amide bonds. The van der Waals surface area contributed by atoms with E-state index in [1.165, 1.54) is 24.8 Å². The normalized spacial score (nSPS) is 17.5. The van der Waals surface area contributed by atoms with E-state index in [1.54, 1.807) is 7.11 Å². The molecule has 1 atom stereocenters. The molecule has 2 rings (SSSR count). The number of hydrogen-bond donors (Lipinski definition) is 1. The van der Waals surface area contributed by atoms with Gasteiger partial charge in [0, 0.05) is 13.2 Å². The third kappa shape index (κ3) is 3.20. The predicted octanol–water partition coefficient (Wildman–Crippen LogP) is 2.51. The van der Waals surface area contributed by atoms with E-state index < -0.39 is 0 Å². The Hall–Kier alpha value is -1.06. The van der Waals surface area contributed by atoms with Gasteiger partial charge in [-0.3, -0.25) is 0 Å². The molecular formula is C14H21NO2. The lowest BCUT2D eigenvalue weighted by Gasteiger charge is -2.31. The second kappa shape index (κ2) is 6.03. The summed E-state index contributed by atoms with van der Waals surface area (Å²) in [5.74, 6) is 1.56. The molecule has 0 bridgehead atoms. The zero-order valence-corrected chi connectivity index (χ0v) is 10.4. The molecule has 2 N–H and O–H groups in total. The van der Waals surface area contributed by atoms with Crippen LogP contribution in [0.5, 0.6) is 5.75 Å². The van der Waals surface area contributed by atoms with E-state index in [1.807, 2.05) is 12.1 Å². The summed E-state index contributed by atoms with van der Waals surface area (Å²) in [5.41, 5.74) is 7.43. The molecule has 0 radical (unpaired) electrons. The van der Waals surface area contributed by atoms with Crippen molar-refractivity contribution in [1.29, 1.82) is 0 Å². The highest BCUT2D eigenvalue weighted by atomic mass is 16.5. The van der Waals surface area contributed by atoms with Crippen LogP contribution in [0.15, 0.2) is 24.3 Å². The maximum Gasteiger partial charge on any atom is 0.119 e. The fraction of sp³-hybridized carbons (Fsp3) is 0.571. The highest BCUT2D eigenvalue weighted by Gasteiger charge is 2.25. The van der Waals surface area contributed by atoms with Crippen LogP contribution in [-0.2, 0) is 4.74 Å². The molecule has 0 spiro atoms. The van der Waals surface area contributed by atoms with Gasteiger partial charge in [0.1, 0.15) is 12.4 Å². The Morgan fingerprint density at radius 1 is 1.24 bits per heavy atom. The van der Waals surface area contributed by atoms with Crippen LogP contribution in [0, 0.1) is 5.92 Å². The number of nitrogens with two attached hydrogens (primary N) is 1. The average molecular weight is 235 g/mol. The van der Waals surface area contributed by atoms with Crippen LogP contribution in [0.25, 0.3) is 0 Å². The zero-order valence-electron chi connectivity index (χ0n) is 10.4. The van der Waals surface area contributed by atoms with Gasteiger partial charge >= 0.3 is 0 Å². The van der Waals surface area contributed by atoms with Crippen LogP contribution in [-0.4, -0.2) is 20.3 Å². The Labute approximate surface area is 103 Å². The molecule has 3 heteroatoms. The number of ether oxygens (including phenoxy) is 2. The maximum atomic E-state index is 6.21. The molecule has 1 saturated carbocycles. The average Bonchev–Trinajstić information content (AvgIpc) is 2.28. The number of benzene rings is 1. The van der Waals surface area contributed by atoms with Gasteiger partial charge in [-0.25, -0.2) is 0 Å². The van der Waals surface area contributed by atoms with E-state index in [4.69, 9.17) is 15.2 Å². The summed E-state index contributed by atoms with van der Waals surface area (Å²) in [6.45, 7) is 1.20. The SMILES string of the molecule is COCCOc1ccc(C(N)C2CCC2)cc1. The monoisotopic (exact) mass is 235 g/mol. The van der Waals surface area contributed by atoms with Crippen molar-refractivity contribution in [3.05, 3.63) is 29.8 Å². The van der Waals surface area contributed by atoms with Crippen LogP contribution >= 0.6 is 0 Å². The second-order valence-electron chi connectivity index (χ2n) is 4.63. The molecule has 1 aromatic carbocycles. The summed E-state index contributed by atoms with van der Waals surface area (Å²) in [7, 11) is 1.67. The second-order valence-corrected chi connectivity index (χ2v) is 4.63. The highest BCUT2D eigenvalue weighted by molar-refractivity contribution is 5.29. The minimum atomic E-state index is 0.191. The predicted molar refractivity (Wildman–Crippen MR) is 68.1 cm³/mol. The van der Waals surface area contributed by atoms with E-state index in [9.17, 15) is 0 Å². The Morgan fingerprint density at radius 2 is 1.94 bits per heavy atom. The Kier molecular flexibility index (Phi) is 4.40. The third-order valence-corrected chi connectivity index (χ3v) is 3.48. The Bertz CT molecular complexity index is 333. The smallest absolute Gasteiger partial charge is 0.119 e. The molecular weight excluding hydrogens is 214 g/mol. The van der Waals surface area contributed by atoms with Crippen molar-refractivity contribution < 1.29 is 9.47 Å². The summed E-state index contributed by atoms with van der Waals surface area (Å²) in [6.07, 6.45) is 3.87. The number of rotatable bonds is 6. The van der Waals surface area contributed by atoms with E-state index in [-0.39, 0.29) is 6.04 Å². The molecule has 17 heavy (non-hydrogen) atoms. The molecule has 1 fully saturated rings. The van der Waals surface area contributed by atoms with Crippen molar-refractivity contribution >= 4 is 0 Å². The quantitative estimate of drug-likeness (QED) is 0.770. The Morgan fingerprint density at radius 3 is 2.47 bits per heavy atom. The summed E-state index contributed by atoms with van der Waals surface area (Å²) >= 11 is 0. The van der Waals surface area contributed by atoms with Gasteiger partial charge < -0.3 is 15.2 Å². The van der Waals surface area contributed by atoms with Crippen molar-refractivity contribution in [2.75, 3.05) is 20.3 Å². The van der Waals surface area contributed by atoms with Crippen LogP contribution in [0.4, 0.5) is 0 Å². The molecule has 1 aliphatic rings. The van der Waals surface area contributed by atoms with Crippen LogP contribution in [0.1, 0.15) is 30.9 Å². The molecule has 1 aliphatic carbocycles. The van der Waals surface area contributed by atoms with Gasteiger partial charge in [-0.15, -0.1) is 0 Å². The van der Waals surface area contributed by atoms with Crippen LogP contribution < -0.4 is 10.5 Å². The highest BCUT2D eigenvalue weighted by Crippen LogP contribution is 2.36. The van der Waals surface area contributed by atoms with Crippen LogP contribution in [0.2, 0.25) is 0 Å². The van der Waals surface area contributed by atoms with Gasteiger partial charge in [0.05, 0.1) is 6.61 Å². The zero-order chi connectivity index (χ0) is 12.1. The summed E-state index contributed by atoms with van der Waals surface area (Å²) in [5, 5.41) is 0. The summed E-state index contributed by atoms with van der Waals surface area (Å²) in [6, 6.07) is 8.32. The van der Waals surface area contributed by atoms with Gasteiger partial charge in [-0.05, 0) is 36.5 Å². The first-order valence-corrected chi connectivity index (χ1v) is 6.28. The number of hydrogen-bond acceptors (Lipinski definition) is 3. The van der Waals surface area contributed by atoms with E-state index in [0.717, 1.165) is 5.75 Å². The van der Waals surface area contributed by atoms with Crippen LogP contribution in [0.3, 0.4) is 0 Å². The summed E-state index contributed by atoms with van der Waals surface area (Å²) in [4.78, 5) is 0. The van der Waals surface area contributed by atoms with Crippen molar-refractivity contribution in [1.82, 2.24) is 0 Å². The summed E-state index contributed by atoms with van der Waals surface area (Å²) < 4.78 is 10.5. The Balaban J connectivity index is 1.88. The van der Waals surface area contributed by atoms with Gasteiger partial charge in [0.2, 0.25) is 0 Å². The fourth-order valence-electron chi connectivity index (χ4n) is 2.10. The topological polar surface area (TPSA) is 44.5 Å². The van der Waals surface area contributed by atoms with Gasteiger partial charge in [0.15, 0.2) is 0 Å². The largest absolute Gasteiger partial charge is 0.491 e. The van der Waals surface area contributed by atoms with E-state index >= 15 is 0 Å². The molecule has 0 aromatic heterocycles. The minimum absolute atomic E-state index is 0.191. The minimum Gasteiger partial charge on any atom is -0.491 e. The third-order valence-electron chi connectivity index (χ3n) is 3.48. The maximum absolute atomic E-state index is 6.21. The lowest BCUT2D eigenvalue weighted by molar-refractivity contribution is 0.146. The molecule has 0 aliphatic heterocycles. The van der Waals surface area contributed by atoms with Crippen molar-refractivity contribution in [3.63, 3.8) is 0 Å². The molecule has 94 valence electrons. The van der Waals surface area contributed by atoms with Crippen molar-refractivity contribution in [3.8, 4) is 5.75 Å². The van der Waals surface area contributed by atoms with E-state index in [0.29, 0.717) is 19.1 Å². The molecule has 3 nitrogen and oxygen atoms in total. The lowest BCUT2D eigenvalue weighted by Crippen LogP contribution is -2.26. The molecule has 1 unspecified atom stereocenters. The van der Waals surface area contributed by atoms with Crippen molar-refractivity contribution in [2.24, 2.45) is 11.7 Å². The number of methoxy groups -OCH3 is 1. The van der Waals surface area contributed by atoms with Gasteiger partial charge in [-0.1, -0.05) is 18.6 Å². The first-order chi connectivity index (χ1) is 8.31. The first-order valence-electron chi connectivity index (χ1n) is 6.28. The molecule has 0 saturated heterocycles. The first kappa shape index (κ1) is 12.4. The van der Waals surface area contributed by atoms with E-state index in [2.05, 4.69) is 12.1 Å². The standard InChI is InChI=1S/C14H21NO2/c1-16-9-10-17-13-7-5-12(6-8-13)14(15)11-3-2-4-11/h5-8,11,14H,2-4,9-10,15H2,1H3. The molecule has 0 heterocycles. The molecule has 1 aromatic rings.